The molecule has 0 fully saturated rings. The minimum atomic E-state index is 0.781. The highest BCUT2D eigenvalue weighted by atomic mass is 16.5. The van der Waals surface area contributed by atoms with Gasteiger partial charge >= 0.3 is 0 Å². The molecule has 0 bridgehead atoms. The molecule has 2 aromatic carbocycles. The summed E-state index contributed by atoms with van der Waals surface area (Å²) in [6, 6.07) is 16.0. The molecule has 4 heteroatoms. The van der Waals surface area contributed by atoms with E-state index in [9.17, 15) is 0 Å². The van der Waals surface area contributed by atoms with Crippen molar-refractivity contribution in [2.45, 2.75) is 52.9 Å². The molecule has 0 aliphatic heterocycles. The lowest BCUT2D eigenvalue weighted by molar-refractivity contribution is 0.304. The largest absolute Gasteiger partial charge is 0.494 e. The van der Waals surface area contributed by atoms with Crippen LogP contribution in [0, 0.1) is 0 Å². The summed E-state index contributed by atoms with van der Waals surface area (Å²) in [4.78, 5) is 2.31. The zero-order chi connectivity index (χ0) is 19.3. The molecule has 0 radical (unpaired) electrons. The van der Waals surface area contributed by atoms with Crippen LogP contribution in [0.4, 0.5) is 17.1 Å². The van der Waals surface area contributed by atoms with Crippen LogP contribution in [0.2, 0.25) is 0 Å². The Balaban J connectivity index is 1.81. The maximum absolute atomic E-state index is 5.78. The molecule has 2 rings (SSSR count). The molecule has 0 spiro atoms. The predicted octanol–water partition coefficient (Wildman–Crippen LogP) is 7.30. The molecule has 146 valence electrons. The minimum Gasteiger partial charge on any atom is -0.494 e. The molecule has 0 aliphatic rings. The van der Waals surface area contributed by atoms with Crippen LogP contribution in [0.25, 0.3) is 0 Å². The lowest BCUT2D eigenvalue weighted by Crippen LogP contribution is -2.21. The van der Waals surface area contributed by atoms with E-state index in [1.165, 1.54) is 31.4 Å². The normalized spacial score (nSPS) is 11.1. The van der Waals surface area contributed by atoms with E-state index in [1.54, 1.807) is 0 Å². The molecule has 2 aromatic rings. The monoisotopic (exact) mass is 367 g/mol. The van der Waals surface area contributed by atoms with E-state index in [-0.39, 0.29) is 0 Å². The first-order valence-electron chi connectivity index (χ1n) is 10.3. The van der Waals surface area contributed by atoms with Crippen molar-refractivity contribution < 1.29 is 4.74 Å². The topological polar surface area (TPSA) is 37.2 Å². The number of hydrogen-bond acceptors (Lipinski definition) is 4. The minimum absolute atomic E-state index is 0.781. The summed E-state index contributed by atoms with van der Waals surface area (Å²) in [6.45, 7) is 9.35. The highest BCUT2D eigenvalue weighted by Gasteiger charge is 2.01. The first-order valence-corrected chi connectivity index (χ1v) is 10.3. The summed E-state index contributed by atoms with van der Waals surface area (Å²) in [5.74, 6) is 0.896. The Morgan fingerprint density at radius 2 is 1.26 bits per heavy atom. The average molecular weight is 368 g/mol. The van der Waals surface area contributed by atoms with Gasteiger partial charge in [-0.25, -0.2) is 0 Å². The van der Waals surface area contributed by atoms with Gasteiger partial charge in [0, 0.05) is 18.8 Å². The Morgan fingerprint density at radius 1 is 0.704 bits per heavy atom. The SMILES string of the molecule is CCCCCCCOc1ccc(N=Nc2ccc(N(CC)CC)cc2)cc1. The zero-order valence-electron chi connectivity index (χ0n) is 17.0. The molecule has 0 unspecified atom stereocenters. The van der Waals surface area contributed by atoms with Gasteiger partial charge in [-0.15, -0.1) is 0 Å². The number of unbranched alkanes of at least 4 members (excludes halogenated alkanes) is 4. The lowest BCUT2D eigenvalue weighted by Gasteiger charge is -2.20. The molecule has 0 saturated carbocycles. The van der Waals surface area contributed by atoms with E-state index < -0.39 is 0 Å². The Labute approximate surface area is 164 Å². The number of hydrogen-bond donors (Lipinski definition) is 0. The quantitative estimate of drug-likeness (QED) is 0.291. The summed E-state index contributed by atoms with van der Waals surface area (Å²) in [7, 11) is 0. The molecule has 27 heavy (non-hydrogen) atoms. The third kappa shape index (κ3) is 7.41. The van der Waals surface area contributed by atoms with Crippen molar-refractivity contribution in [2.24, 2.45) is 10.2 Å². The van der Waals surface area contributed by atoms with E-state index >= 15 is 0 Å². The van der Waals surface area contributed by atoms with Crippen molar-refractivity contribution in [3.63, 3.8) is 0 Å². The van der Waals surface area contributed by atoms with Gasteiger partial charge in [0.25, 0.3) is 0 Å². The second-order valence-corrected chi connectivity index (χ2v) is 6.65. The fourth-order valence-electron chi connectivity index (χ4n) is 2.94. The summed E-state index contributed by atoms with van der Waals surface area (Å²) in [5.41, 5.74) is 2.91. The second-order valence-electron chi connectivity index (χ2n) is 6.65. The fourth-order valence-corrected chi connectivity index (χ4v) is 2.94. The van der Waals surface area contributed by atoms with Crippen molar-refractivity contribution in [1.29, 1.82) is 0 Å². The van der Waals surface area contributed by atoms with Crippen LogP contribution in [0.15, 0.2) is 58.8 Å². The predicted molar refractivity (Wildman–Crippen MR) is 115 cm³/mol. The molecule has 4 nitrogen and oxygen atoms in total. The second kappa shape index (κ2) is 12.1. The van der Waals surface area contributed by atoms with Crippen LogP contribution >= 0.6 is 0 Å². The smallest absolute Gasteiger partial charge is 0.119 e. The highest BCUT2D eigenvalue weighted by Crippen LogP contribution is 2.23. The molecule has 0 aromatic heterocycles. The number of ether oxygens (including phenoxy) is 1. The molecule has 0 heterocycles. The summed E-state index contributed by atoms with van der Waals surface area (Å²) in [6.07, 6.45) is 6.25. The van der Waals surface area contributed by atoms with Gasteiger partial charge in [-0.3, -0.25) is 0 Å². The van der Waals surface area contributed by atoms with Gasteiger partial charge in [-0.2, -0.15) is 10.2 Å². The van der Waals surface area contributed by atoms with Gasteiger partial charge in [0.05, 0.1) is 18.0 Å². The highest BCUT2D eigenvalue weighted by molar-refractivity contribution is 5.52. The third-order valence-corrected chi connectivity index (χ3v) is 4.61. The van der Waals surface area contributed by atoms with Crippen molar-refractivity contribution in [2.75, 3.05) is 24.6 Å². The van der Waals surface area contributed by atoms with Crippen LogP contribution in [-0.2, 0) is 0 Å². The van der Waals surface area contributed by atoms with Gasteiger partial charge in [-0.05, 0) is 68.8 Å². The van der Waals surface area contributed by atoms with Crippen LogP contribution in [0.1, 0.15) is 52.9 Å². The van der Waals surface area contributed by atoms with Crippen LogP contribution in [0.5, 0.6) is 5.75 Å². The summed E-state index contributed by atoms with van der Waals surface area (Å²) < 4.78 is 5.78. The van der Waals surface area contributed by atoms with Crippen molar-refractivity contribution >= 4 is 17.1 Å². The van der Waals surface area contributed by atoms with Gasteiger partial charge in [0.2, 0.25) is 0 Å². The van der Waals surface area contributed by atoms with Crippen LogP contribution in [-0.4, -0.2) is 19.7 Å². The number of rotatable bonds is 12. The van der Waals surface area contributed by atoms with Gasteiger partial charge < -0.3 is 9.64 Å². The third-order valence-electron chi connectivity index (χ3n) is 4.61. The lowest BCUT2D eigenvalue weighted by atomic mass is 10.2. The molecular weight excluding hydrogens is 334 g/mol. The van der Waals surface area contributed by atoms with E-state index in [0.29, 0.717) is 0 Å². The zero-order valence-corrected chi connectivity index (χ0v) is 17.0. The van der Waals surface area contributed by atoms with Gasteiger partial charge in [0.15, 0.2) is 0 Å². The Bertz CT molecular complexity index is 661. The van der Waals surface area contributed by atoms with Crippen LogP contribution < -0.4 is 9.64 Å². The Hall–Kier alpha value is -2.36. The summed E-state index contributed by atoms with van der Waals surface area (Å²) in [5, 5.41) is 8.65. The van der Waals surface area contributed by atoms with Gasteiger partial charge in [-0.1, -0.05) is 32.6 Å². The Kier molecular flexibility index (Phi) is 9.39. The Morgan fingerprint density at radius 3 is 1.81 bits per heavy atom. The number of anilines is 1. The average Bonchev–Trinajstić information content (AvgIpc) is 2.72. The van der Waals surface area contributed by atoms with Crippen molar-refractivity contribution in [3.8, 4) is 5.75 Å². The van der Waals surface area contributed by atoms with Crippen LogP contribution in [0.3, 0.4) is 0 Å². The van der Waals surface area contributed by atoms with Crippen molar-refractivity contribution in [1.82, 2.24) is 0 Å². The first kappa shape index (κ1) is 20.9. The molecule has 0 atom stereocenters. The molecule has 0 saturated heterocycles. The van der Waals surface area contributed by atoms with E-state index in [4.69, 9.17) is 4.74 Å². The maximum Gasteiger partial charge on any atom is 0.119 e. The van der Waals surface area contributed by atoms with E-state index in [2.05, 4.69) is 48.0 Å². The first-order chi connectivity index (χ1) is 13.3. The van der Waals surface area contributed by atoms with E-state index in [0.717, 1.165) is 43.2 Å². The number of azo groups is 1. The molecule has 0 amide bonds. The van der Waals surface area contributed by atoms with Crippen molar-refractivity contribution in [3.05, 3.63) is 48.5 Å². The fraction of sp³-hybridized carbons (Fsp3) is 0.478. The van der Waals surface area contributed by atoms with Gasteiger partial charge in [0.1, 0.15) is 5.75 Å². The van der Waals surface area contributed by atoms with E-state index in [1.807, 2.05) is 36.4 Å². The number of nitrogens with zero attached hydrogens (tertiary/aromatic N) is 3. The maximum atomic E-state index is 5.78. The molecular formula is C23H33N3O. The summed E-state index contributed by atoms with van der Waals surface area (Å²) >= 11 is 0. The number of benzene rings is 2. The standard InChI is InChI=1S/C23H33N3O/c1-4-7-8-9-10-19-27-23-17-13-21(14-18-23)25-24-20-11-15-22(16-12-20)26(5-2)6-3/h11-18H,4-10,19H2,1-3H3. The molecule has 0 aliphatic carbocycles. The molecule has 0 N–H and O–H groups in total.